The van der Waals surface area contributed by atoms with E-state index in [1.54, 1.807) is 0 Å². The van der Waals surface area contributed by atoms with Gasteiger partial charge in [-0.25, -0.2) is 13.4 Å². The Morgan fingerprint density at radius 1 is 0.923 bits per heavy atom. The van der Waals surface area contributed by atoms with Crippen LogP contribution in [0.4, 0.5) is 17.3 Å². The van der Waals surface area contributed by atoms with E-state index in [1.165, 1.54) is 45.9 Å². The Hall–Kier alpha value is -3.81. The van der Waals surface area contributed by atoms with Crippen molar-refractivity contribution in [2.45, 2.75) is 18.4 Å². The molecule has 5 rings (SSSR count). The number of aromatic nitrogens is 2. The van der Waals surface area contributed by atoms with Crippen LogP contribution in [0, 0.1) is 17.0 Å². The molecular formula is C26H31N7O5S. The lowest BCUT2D eigenvalue weighted by Gasteiger charge is -2.37. The summed E-state index contributed by atoms with van der Waals surface area (Å²) in [6, 6.07) is 14.8. The van der Waals surface area contributed by atoms with Crippen molar-refractivity contribution in [1.29, 1.82) is 0 Å². The molecule has 0 aliphatic carbocycles. The van der Waals surface area contributed by atoms with E-state index in [9.17, 15) is 23.3 Å². The van der Waals surface area contributed by atoms with E-state index in [0.717, 1.165) is 26.2 Å². The molecule has 0 bridgehead atoms. The molecule has 0 saturated carbocycles. The van der Waals surface area contributed by atoms with Gasteiger partial charge in [-0.3, -0.25) is 24.8 Å². The van der Waals surface area contributed by atoms with Crippen LogP contribution in [-0.4, -0.2) is 84.9 Å². The molecule has 2 saturated heterocycles. The monoisotopic (exact) mass is 553 g/mol. The van der Waals surface area contributed by atoms with E-state index in [1.807, 2.05) is 11.0 Å². The molecule has 0 atom stereocenters. The minimum Gasteiger partial charge on any atom is -0.369 e. The molecule has 0 unspecified atom stereocenters. The standard InChI is InChI=1S/C26H31N7O5S/c1-20-4-2-3-5-24(20)30-12-10-29(11-13-30)19-21-18-25(34)28-26(27-21)31-14-16-32(17-15-31)39(37,38)23-8-6-22(7-9-23)33(35)36/h2-9,18H,10-17,19H2,1H3,(H,27,28,34). The van der Waals surface area contributed by atoms with E-state index in [-0.39, 0.29) is 29.2 Å². The summed E-state index contributed by atoms with van der Waals surface area (Å²) in [5, 5.41) is 10.9. The molecule has 2 aromatic carbocycles. The van der Waals surface area contributed by atoms with Crippen molar-refractivity contribution in [1.82, 2.24) is 19.2 Å². The van der Waals surface area contributed by atoms with E-state index in [2.05, 4.69) is 39.9 Å². The third-order valence-electron chi connectivity index (χ3n) is 7.22. The van der Waals surface area contributed by atoms with Crippen molar-refractivity contribution in [3.8, 4) is 0 Å². The van der Waals surface area contributed by atoms with E-state index in [0.29, 0.717) is 31.3 Å². The predicted molar refractivity (Wildman–Crippen MR) is 148 cm³/mol. The number of H-pyrrole nitrogens is 1. The van der Waals surface area contributed by atoms with Gasteiger partial charge in [0.1, 0.15) is 0 Å². The summed E-state index contributed by atoms with van der Waals surface area (Å²) in [5.41, 5.74) is 2.78. The first kappa shape index (κ1) is 26.8. The van der Waals surface area contributed by atoms with Gasteiger partial charge in [-0.15, -0.1) is 0 Å². The normalized spacial score (nSPS) is 17.4. The zero-order valence-electron chi connectivity index (χ0n) is 21.7. The number of nitro groups is 1. The molecule has 1 N–H and O–H groups in total. The number of piperazine rings is 2. The van der Waals surface area contributed by atoms with Gasteiger partial charge in [-0.2, -0.15) is 4.31 Å². The van der Waals surface area contributed by atoms with Crippen LogP contribution in [0.25, 0.3) is 0 Å². The van der Waals surface area contributed by atoms with Gasteiger partial charge in [0.25, 0.3) is 11.2 Å². The second-order valence-corrected chi connectivity index (χ2v) is 11.7. The Morgan fingerprint density at radius 2 is 1.56 bits per heavy atom. The lowest BCUT2D eigenvalue weighted by Crippen LogP contribution is -2.49. The maximum absolute atomic E-state index is 13.0. The first-order valence-electron chi connectivity index (χ1n) is 12.8. The number of hydrogen-bond donors (Lipinski definition) is 1. The minimum absolute atomic E-state index is 0.0117. The topological polar surface area (TPSA) is 136 Å². The number of non-ortho nitro benzene ring substituents is 1. The van der Waals surface area contributed by atoms with E-state index >= 15 is 0 Å². The third-order valence-corrected chi connectivity index (χ3v) is 9.13. The molecule has 2 fully saturated rings. The van der Waals surface area contributed by atoms with Crippen molar-refractivity contribution in [3.05, 3.63) is 86.3 Å². The minimum atomic E-state index is -3.79. The van der Waals surface area contributed by atoms with Crippen LogP contribution in [0.3, 0.4) is 0 Å². The van der Waals surface area contributed by atoms with Crippen LogP contribution < -0.4 is 15.4 Å². The number of anilines is 2. The van der Waals surface area contributed by atoms with Gasteiger partial charge in [-0.1, -0.05) is 18.2 Å². The van der Waals surface area contributed by atoms with Crippen molar-refractivity contribution < 1.29 is 13.3 Å². The van der Waals surface area contributed by atoms with Crippen LogP contribution in [0.5, 0.6) is 0 Å². The number of rotatable bonds is 7. The summed E-state index contributed by atoms with van der Waals surface area (Å²) in [6.07, 6.45) is 0. The molecule has 39 heavy (non-hydrogen) atoms. The maximum Gasteiger partial charge on any atom is 0.269 e. The van der Waals surface area contributed by atoms with Crippen molar-refractivity contribution >= 4 is 27.3 Å². The summed E-state index contributed by atoms with van der Waals surface area (Å²) >= 11 is 0. The average molecular weight is 554 g/mol. The second-order valence-electron chi connectivity index (χ2n) is 9.75. The molecule has 0 spiro atoms. The highest BCUT2D eigenvalue weighted by atomic mass is 32.2. The zero-order valence-corrected chi connectivity index (χ0v) is 22.5. The highest BCUT2D eigenvalue weighted by Crippen LogP contribution is 2.23. The maximum atomic E-state index is 13.0. The summed E-state index contributed by atoms with van der Waals surface area (Å²) in [5.74, 6) is 0.434. The number of nitrogens with zero attached hydrogens (tertiary/aromatic N) is 6. The second kappa shape index (κ2) is 11.1. The van der Waals surface area contributed by atoms with Crippen LogP contribution in [0.15, 0.2) is 64.3 Å². The fourth-order valence-electron chi connectivity index (χ4n) is 5.05. The Kier molecular flexibility index (Phi) is 7.64. The Labute approximate surface area is 226 Å². The fraction of sp³-hybridized carbons (Fsp3) is 0.385. The molecule has 0 amide bonds. The smallest absolute Gasteiger partial charge is 0.269 e. The van der Waals surface area contributed by atoms with Gasteiger partial charge in [-0.05, 0) is 30.7 Å². The molecule has 206 valence electrons. The molecule has 2 aliphatic heterocycles. The molecule has 0 radical (unpaired) electrons. The molecular weight excluding hydrogens is 522 g/mol. The quantitative estimate of drug-likeness (QED) is 0.343. The third kappa shape index (κ3) is 5.95. The average Bonchev–Trinajstić information content (AvgIpc) is 2.94. The highest BCUT2D eigenvalue weighted by Gasteiger charge is 2.30. The first-order chi connectivity index (χ1) is 18.7. The number of nitro benzene ring substituents is 1. The van der Waals surface area contributed by atoms with E-state index < -0.39 is 14.9 Å². The summed E-state index contributed by atoms with van der Waals surface area (Å²) in [7, 11) is -3.79. The molecule has 1 aromatic heterocycles. The lowest BCUT2D eigenvalue weighted by atomic mass is 10.1. The molecule has 3 heterocycles. The Balaban J connectivity index is 1.20. The van der Waals surface area contributed by atoms with Gasteiger partial charge in [0.2, 0.25) is 16.0 Å². The molecule has 13 heteroatoms. The number of para-hydroxylation sites is 1. The Morgan fingerprint density at radius 3 is 2.21 bits per heavy atom. The van der Waals surface area contributed by atoms with Crippen LogP contribution in [0.1, 0.15) is 11.3 Å². The summed E-state index contributed by atoms with van der Waals surface area (Å²) < 4.78 is 27.4. The van der Waals surface area contributed by atoms with Crippen molar-refractivity contribution in [3.63, 3.8) is 0 Å². The molecule has 3 aromatic rings. The van der Waals surface area contributed by atoms with Gasteiger partial charge in [0.05, 0.1) is 15.5 Å². The van der Waals surface area contributed by atoms with Gasteiger partial charge in [0.15, 0.2) is 0 Å². The number of aromatic amines is 1. The fourth-order valence-corrected chi connectivity index (χ4v) is 6.47. The molecule has 12 nitrogen and oxygen atoms in total. The zero-order chi connectivity index (χ0) is 27.6. The predicted octanol–water partition coefficient (Wildman–Crippen LogP) is 1.82. The largest absolute Gasteiger partial charge is 0.369 e. The Bertz CT molecular complexity index is 1490. The van der Waals surface area contributed by atoms with Crippen molar-refractivity contribution in [2.24, 2.45) is 0 Å². The van der Waals surface area contributed by atoms with Gasteiger partial charge < -0.3 is 9.80 Å². The highest BCUT2D eigenvalue weighted by molar-refractivity contribution is 7.89. The van der Waals surface area contributed by atoms with Crippen molar-refractivity contribution in [2.75, 3.05) is 62.2 Å². The number of benzene rings is 2. The lowest BCUT2D eigenvalue weighted by molar-refractivity contribution is -0.384. The summed E-state index contributed by atoms with van der Waals surface area (Å²) in [6.45, 7) is 7.30. The van der Waals surface area contributed by atoms with Crippen LogP contribution >= 0.6 is 0 Å². The number of aryl methyl sites for hydroxylation is 1. The van der Waals surface area contributed by atoms with Crippen LogP contribution in [-0.2, 0) is 16.6 Å². The number of nitrogens with one attached hydrogen (secondary N) is 1. The SMILES string of the molecule is Cc1ccccc1N1CCN(Cc2cc(=O)[nH]c(N3CCN(S(=O)(=O)c4ccc([N+](=O)[O-])cc4)CC3)n2)CC1. The summed E-state index contributed by atoms with van der Waals surface area (Å²) in [4.78, 5) is 36.8. The number of sulfonamides is 1. The van der Waals surface area contributed by atoms with Crippen LogP contribution in [0.2, 0.25) is 0 Å². The first-order valence-corrected chi connectivity index (χ1v) is 14.3. The van der Waals surface area contributed by atoms with E-state index in [4.69, 9.17) is 4.98 Å². The van der Waals surface area contributed by atoms with Gasteiger partial charge >= 0.3 is 0 Å². The van der Waals surface area contributed by atoms with Gasteiger partial charge in [0, 0.05) is 82.8 Å². The number of hydrogen-bond acceptors (Lipinski definition) is 9. The molecule has 2 aliphatic rings.